The van der Waals surface area contributed by atoms with Crippen molar-refractivity contribution in [3.63, 3.8) is 0 Å². The van der Waals surface area contributed by atoms with Crippen LogP contribution in [0.3, 0.4) is 0 Å². The van der Waals surface area contributed by atoms with Gasteiger partial charge in [0, 0.05) is 30.7 Å². The molecule has 1 atom stereocenters. The molecule has 108 valence electrons. The van der Waals surface area contributed by atoms with E-state index >= 15 is 0 Å². The Morgan fingerprint density at radius 3 is 2.90 bits per heavy atom. The zero-order valence-corrected chi connectivity index (χ0v) is 12.2. The monoisotopic (exact) mass is 275 g/mol. The van der Waals surface area contributed by atoms with Gasteiger partial charge in [-0.2, -0.15) is 0 Å². The lowest BCUT2D eigenvalue weighted by atomic mass is 10.0. The fraction of sp³-hybridized carbons (Fsp3) is 0.438. The summed E-state index contributed by atoms with van der Waals surface area (Å²) in [5, 5.41) is 11.6. The maximum absolute atomic E-state index is 12.2. The Labute approximate surface area is 120 Å². The van der Waals surface area contributed by atoms with E-state index in [4.69, 9.17) is 9.84 Å². The summed E-state index contributed by atoms with van der Waals surface area (Å²) in [7, 11) is 1.60. The van der Waals surface area contributed by atoms with Crippen LogP contribution in [0, 0.1) is 18.8 Å². The van der Waals surface area contributed by atoms with Crippen LogP contribution in [-0.2, 0) is 4.74 Å². The third-order valence-electron chi connectivity index (χ3n) is 2.83. The van der Waals surface area contributed by atoms with E-state index in [1.165, 1.54) is 0 Å². The number of ether oxygens (including phenoxy) is 1. The summed E-state index contributed by atoms with van der Waals surface area (Å²) in [5.41, 5.74) is 2.27. The van der Waals surface area contributed by atoms with Gasteiger partial charge in [0.1, 0.15) is 0 Å². The van der Waals surface area contributed by atoms with Gasteiger partial charge in [-0.1, -0.05) is 17.9 Å². The van der Waals surface area contributed by atoms with Crippen LogP contribution < -0.4 is 5.32 Å². The van der Waals surface area contributed by atoms with E-state index in [0.717, 1.165) is 11.1 Å². The number of amides is 1. The molecule has 0 radical (unpaired) electrons. The molecule has 0 aliphatic carbocycles. The molecule has 20 heavy (non-hydrogen) atoms. The molecular formula is C16H21NO3. The van der Waals surface area contributed by atoms with Gasteiger partial charge in [-0.15, -0.1) is 0 Å². The van der Waals surface area contributed by atoms with Crippen LogP contribution in [0.25, 0.3) is 0 Å². The molecule has 0 aromatic heterocycles. The first-order chi connectivity index (χ1) is 9.60. The lowest BCUT2D eigenvalue weighted by Crippen LogP contribution is -2.36. The molecule has 2 N–H and O–H groups in total. The topological polar surface area (TPSA) is 58.6 Å². The van der Waals surface area contributed by atoms with E-state index < -0.39 is 0 Å². The van der Waals surface area contributed by atoms with Gasteiger partial charge in [0.2, 0.25) is 0 Å². The van der Waals surface area contributed by atoms with E-state index in [0.29, 0.717) is 18.6 Å². The minimum Gasteiger partial charge on any atom is -0.395 e. The van der Waals surface area contributed by atoms with Crippen molar-refractivity contribution in [1.29, 1.82) is 0 Å². The Morgan fingerprint density at radius 1 is 1.50 bits per heavy atom. The minimum atomic E-state index is -0.127. The van der Waals surface area contributed by atoms with Crippen LogP contribution >= 0.6 is 0 Å². The Kier molecular flexibility index (Phi) is 6.78. The SMILES string of the molecule is COCC(C)NC(=O)c1cccc(C#CCCO)c1C. The molecule has 1 unspecified atom stereocenters. The highest BCUT2D eigenvalue weighted by molar-refractivity contribution is 5.96. The third kappa shape index (κ3) is 4.69. The molecule has 1 aromatic rings. The summed E-state index contributed by atoms with van der Waals surface area (Å²) < 4.78 is 5.00. The van der Waals surface area contributed by atoms with E-state index in [1.54, 1.807) is 13.2 Å². The van der Waals surface area contributed by atoms with Crippen molar-refractivity contribution in [1.82, 2.24) is 5.32 Å². The third-order valence-corrected chi connectivity index (χ3v) is 2.83. The maximum Gasteiger partial charge on any atom is 0.251 e. The fourth-order valence-corrected chi connectivity index (χ4v) is 1.82. The fourth-order valence-electron chi connectivity index (χ4n) is 1.82. The number of rotatable bonds is 5. The van der Waals surface area contributed by atoms with Crippen LogP contribution in [0.4, 0.5) is 0 Å². The summed E-state index contributed by atoms with van der Waals surface area (Å²) in [6.45, 7) is 4.28. The van der Waals surface area contributed by atoms with Gasteiger partial charge in [-0.25, -0.2) is 0 Å². The number of methoxy groups -OCH3 is 1. The Morgan fingerprint density at radius 2 is 2.25 bits per heavy atom. The van der Waals surface area contributed by atoms with Crippen LogP contribution in [0.15, 0.2) is 18.2 Å². The first-order valence-electron chi connectivity index (χ1n) is 6.59. The lowest BCUT2D eigenvalue weighted by Gasteiger charge is -2.14. The molecule has 4 heteroatoms. The Balaban J connectivity index is 2.89. The summed E-state index contributed by atoms with van der Waals surface area (Å²) in [6, 6.07) is 5.42. The largest absolute Gasteiger partial charge is 0.395 e. The van der Waals surface area contributed by atoms with Crippen LogP contribution in [0.1, 0.15) is 34.8 Å². The van der Waals surface area contributed by atoms with Crippen LogP contribution in [-0.4, -0.2) is 37.4 Å². The number of aliphatic hydroxyl groups is 1. The predicted molar refractivity (Wildman–Crippen MR) is 78.6 cm³/mol. The Hall–Kier alpha value is -1.83. The van der Waals surface area contributed by atoms with Crippen molar-refractivity contribution in [2.75, 3.05) is 20.3 Å². The normalized spacial score (nSPS) is 11.4. The zero-order valence-electron chi connectivity index (χ0n) is 12.2. The van der Waals surface area contributed by atoms with E-state index in [9.17, 15) is 4.79 Å². The van der Waals surface area contributed by atoms with E-state index in [1.807, 2.05) is 26.0 Å². The molecule has 0 spiro atoms. The van der Waals surface area contributed by atoms with Crippen molar-refractivity contribution >= 4 is 5.91 Å². The van der Waals surface area contributed by atoms with Gasteiger partial charge >= 0.3 is 0 Å². The van der Waals surface area contributed by atoms with Crippen molar-refractivity contribution < 1.29 is 14.6 Å². The van der Waals surface area contributed by atoms with Crippen LogP contribution in [0.5, 0.6) is 0 Å². The molecule has 0 saturated heterocycles. The number of aliphatic hydroxyl groups excluding tert-OH is 1. The summed E-state index contributed by atoms with van der Waals surface area (Å²) in [4.78, 5) is 12.2. The molecule has 0 heterocycles. The molecule has 0 aliphatic heterocycles. The lowest BCUT2D eigenvalue weighted by molar-refractivity contribution is 0.0905. The van der Waals surface area contributed by atoms with Gasteiger partial charge < -0.3 is 15.2 Å². The highest BCUT2D eigenvalue weighted by Crippen LogP contribution is 2.13. The average Bonchev–Trinajstić information content (AvgIpc) is 2.41. The second-order valence-corrected chi connectivity index (χ2v) is 4.58. The minimum absolute atomic E-state index is 0.0424. The molecule has 0 fully saturated rings. The Bertz CT molecular complexity index is 514. The quantitative estimate of drug-likeness (QED) is 0.801. The van der Waals surface area contributed by atoms with Crippen LogP contribution in [0.2, 0.25) is 0 Å². The second kappa shape index (κ2) is 8.36. The molecule has 0 aliphatic rings. The van der Waals surface area contributed by atoms with E-state index in [-0.39, 0.29) is 18.6 Å². The second-order valence-electron chi connectivity index (χ2n) is 4.58. The first-order valence-corrected chi connectivity index (χ1v) is 6.59. The van der Waals surface area contributed by atoms with Crippen molar-refractivity contribution in [3.8, 4) is 11.8 Å². The van der Waals surface area contributed by atoms with Gasteiger partial charge in [0.05, 0.1) is 13.2 Å². The maximum atomic E-state index is 12.2. The highest BCUT2D eigenvalue weighted by Gasteiger charge is 2.13. The first kappa shape index (κ1) is 16.2. The highest BCUT2D eigenvalue weighted by atomic mass is 16.5. The molecule has 0 bridgehead atoms. The number of hydrogen-bond acceptors (Lipinski definition) is 3. The summed E-state index contributed by atoms with van der Waals surface area (Å²) in [5.74, 6) is 5.71. The standard InChI is InChI=1S/C16H21NO3/c1-12(11-20-3)17-16(19)15-9-6-8-14(13(15)2)7-4-5-10-18/h6,8-9,12,18H,5,10-11H2,1-3H3,(H,17,19). The van der Waals surface area contributed by atoms with Gasteiger partial charge in [-0.3, -0.25) is 4.79 Å². The molecule has 1 aromatic carbocycles. The molecule has 4 nitrogen and oxygen atoms in total. The number of hydrogen-bond donors (Lipinski definition) is 2. The van der Waals surface area contributed by atoms with Crippen molar-refractivity contribution in [2.24, 2.45) is 0 Å². The summed E-state index contributed by atoms with van der Waals surface area (Å²) >= 11 is 0. The van der Waals surface area contributed by atoms with Crippen molar-refractivity contribution in [3.05, 3.63) is 34.9 Å². The van der Waals surface area contributed by atoms with Gasteiger partial charge in [0.15, 0.2) is 0 Å². The molecule has 0 saturated carbocycles. The smallest absolute Gasteiger partial charge is 0.251 e. The number of benzene rings is 1. The zero-order chi connectivity index (χ0) is 15.0. The van der Waals surface area contributed by atoms with E-state index in [2.05, 4.69) is 17.2 Å². The van der Waals surface area contributed by atoms with Gasteiger partial charge in [-0.05, 0) is 31.5 Å². The number of nitrogens with one attached hydrogen (secondary N) is 1. The number of carbonyl (C=O) groups excluding carboxylic acids is 1. The number of carbonyl (C=O) groups is 1. The van der Waals surface area contributed by atoms with Gasteiger partial charge in [0.25, 0.3) is 5.91 Å². The molecule has 1 amide bonds. The average molecular weight is 275 g/mol. The molecule has 1 rings (SSSR count). The summed E-state index contributed by atoms with van der Waals surface area (Å²) in [6.07, 6.45) is 0.431. The molecular weight excluding hydrogens is 254 g/mol. The predicted octanol–water partition coefficient (Wildman–Crippen LogP) is 1.49. The van der Waals surface area contributed by atoms with Crippen molar-refractivity contribution in [2.45, 2.75) is 26.3 Å².